The summed E-state index contributed by atoms with van der Waals surface area (Å²) in [5.41, 5.74) is 4.51. The number of nitrogens with one attached hydrogen (secondary N) is 1. The maximum atomic E-state index is 12.3. The van der Waals surface area contributed by atoms with Crippen molar-refractivity contribution >= 4 is 34.3 Å². The molecule has 3 aromatic rings. The molecule has 1 amide bonds. The predicted octanol–water partition coefficient (Wildman–Crippen LogP) is 4.45. The van der Waals surface area contributed by atoms with Crippen molar-refractivity contribution in [3.05, 3.63) is 65.9 Å². The first-order chi connectivity index (χ1) is 11.8. The Labute approximate surface area is 145 Å². The van der Waals surface area contributed by atoms with Gasteiger partial charge in [0.1, 0.15) is 0 Å². The van der Waals surface area contributed by atoms with Crippen molar-refractivity contribution in [1.29, 1.82) is 0 Å². The average Bonchev–Trinajstić information content (AvgIpc) is 3.08. The Morgan fingerprint density at radius 3 is 2.92 bits per heavy atom. The van der Waals surface area contributed by atoms with Crippen LogP contribution in [0.3, 0.4) is 0 Å². The van der Waals surface area contributed by atoms with Gasteiger partial charge in [0.2, 0.25) is 5.91 Å². The Morgan fingerprint density at radius 1 is 1.08 bits per heavy atom. The summed E-state index contributed by atoms with van der Waals surface area (Å²) in [6.07, 6.45) is 5.35. The smallest absolute Gasteiger partial charge is 0.234 e. The van der Waals surface area contributed by atoms with Crippen LogP contribution in [0, 0.1) is 0 Å². The number of para-hydroxylation sites is 1. The number of anilines is 1. The molecule has 1 heterocycles. The highest BCUT2D eigenvalue weighted by molar-refractivity contribution is 8.00. The van der Waals surface area contributed by atoms with Gasteiger partial charge < -0.3 is 5.32 Å². The topological polar surface area (TPSA) is 42.0 Å². The summed E-state index contributed by atoms with van der Waals surface area (Å²) in [6.45, 7) is 0. The quantitative estimate of drug-likeness (QED) is 0.717. The summed E-state index contributed by atoms with van der Waals surface area (Å²) in [5, 5.41) is 4.01. The van der Waals surface area contributed by atoms with Gasteiger partial charge in [0.05, 0.1) is 17.0 Å². The number of aryl methyl sites for hydroxylation is 2. The van der Waals surface area contributed by atoms with Gasteiger partial charge in [-0.15, -0.1) is 11.8 Å². The van der Waals surface area contributed by atoms with Gasteiger partial charge in [-0.1, -0.05) is 24.3 Å². The molecule has 120 valence electrons. The largest absolute Gasteiger partial charge is 0.323 e. The van der Waals surface area contributed by atoms with Crippen LogP contribution in [0.2, 0.25) is 0 Å². The minimum absolute atomic E-state index is 0.00125. The van der Waals surface area contributed by atoms with Crippen molar-refractivity contribution in [2.45, 2.75) is 24.2 Å². The third-order valence-corrected chi connectivity index (χ3v) is 5.34. The lowest BCUT2D eigenvalue weighted by atomic mass is 10.1. The number of benzene rings is 2. The van der Waals surface area contributed by atoms with E-state index in [4.69, 9.17) is 0 Å². The average molecular weight is 334 g/mol. The molecule has 0 radical (unpaired) electrons. The SMILES string of the molecule is O=C(CSc1ccc2c(c1)CCC2)Nc1cccc2cccnc12. The van der Waals surface area contributed by atoms with Gasteiger partial charge in [-0.2, -0.15) is 0 Å². The van der Waals surface area contributed by atoms with Gasteiger partial charge in [-0.25, -0.2) is 0 Å². The van der Waals surface area contributed by atoms with Crippen LogP contribution in [0.1, 0.15) is 17.5 Å². The first-order valence-electron chi connectivity index (χ1n) is 8.18. The van der Waals surface area contributed by atoms with E-state index >= 15 is 0 Å². The Kier molecular flexibility index (Phi) is 4.22. The Balaban J connectivity index is 1.43. The second kappa shape index (κ2) is 6.65. The van der Waals surface area contributed by atoms with Gasteiger partial charge in [-0.3, -0.25) is 9.78 Å². The van der Waals surface area contributed by atoms with Gasteiger partial charge in [0.25, 0.3) is 0 Å². The highest BCUT2D eigenvalue weighted by Gasteiger charge is 2.12. The third-order valence-electron chi connectivity index (χ3n) is 4.35. The monoisotopic (exact) mass is 334 g/mol. The molecule has 0 atom stereocenters. The summed E-state index contributed by atoms with van der Waals surface area (Å²) in [5.74, 6) is 0.404. The van der Waals surface area contributed by atoms with E-state index in [1.165, 1.54) is 28.9 Å². The number of rotatable bonds is 4. The molecule has 0 unspecified atom stereocenters. The van der Waals surface area contributed by atoms with Crippen LogP contribution in [0.25, 0.3) is 10.9 Å². The first kappa shape index (κ1) is 15.2. The Bertz CT molecular complexity index is 902. The van der Waals surface area contributed by atoms with E-state index < -0.39 is 0 Å². The predicted molar refractivity (Wildman–Crippen MR) is 99.6 cm³/mol. The van der Waals surface area contributed by atoms with Crippen LogP contribution in [-0.4, -0.2) is 16.6 Å². The fourth-order valence-electron chi connectivity index (χ4n) is 3.18. The minimum atomic E-state index is -0.00125. The lowest BCUT2D eigenvalue weighted by Gasteiger charge is -2.08. The maximum absolute atomic E-state index is 12.3. The summed E-state index contributed by atoms with van der Waals surface area (Å²) in [7, 11) is 0. The molecule has 0 saturated carbocycles. The molecule has 4 heteroatoms. The van der Waals surface area contributed by atoms with E-state index in [0.29, 0.717) is 5.75 Å². The molecular formula is C20H18N2OS. The molecule has 0 bridgehead atoms. The zero-order chi connectivity index (χ0) is 16.4. The highest BCUT2D eigenvalue weighted by Crippen LogP contribution is 2.28. The minimum Gasteiger partial charge on any atom is -0.323 e. The van der Waals surface area contributed by atoms with Crippen molar-refractivity contribution in [2.24, 2.45) is 0 Å². The van der Waals surface area contributed by atoms with Crippen LogP contribution in [0.5, 0.6) is 0 Å². The van der Waals surface area contributed by atoms with Crippen LogP contribution < -0.4 is 5.32 Å². The van der Waals surface area contributed by atoms with Crippen molar-refractivity contribution < 1.29 is 4.79 Å². The van der Waals surface area contributed by atoms with Gasteiger partial charge in [-0.05, 0) is 54.7 Å². The van der Waals surface area contributed by atoms with E-state index in [0.717, 1.165) is 23.0 Å². The second-order valence-corrected chi connectivity index (χ2v) is 7.05. The molecule has 0 saturated heterocycles. The number of pyridine rings is 1. The molecule has 1 aliphatic rings. The molecule has 4 rings (SSSR count). The molecule has 2 aromatic carbocycles. The molecule has 3 nitrogen and oxygen atoms in total. The number of hydrogen-bond donors (Lipinski definition) is 1. The van der Waals surface area contributed by atoms with Crippen LogP contribution in [0.4, 0.5) is 5.69 Å². The van der Waals surface area contributed by atoms with Crippen LogP contribution >= 0.6 is 11.8 Å². The van der Waals surface area contributed by atoms with Crippen LogP contribution in [-0.2, 0) is 17.6 Å². The van der Waals surface area contributed by atoms with E-state index in [-0.39, 0.29) is 5.91 Å². The zero-order valence-corrected chi connectivity index (χ0v) is 14.1. The number of fused-ring (bicyclic) bond motifs is 2. The van der Waals surface area contributed by atoms with Crippen LogP contribution in [0.15, 0.2) is 59.6 Å². The number of aromatic nitrogens is 1. The maximum Gasteiger partial charge on any atom is 0.234 e. The standard InChI is InChI=1S/C20H18N2OS/c23-19(13-24-17-10-9-14-4-1-6-16(14)12-17)22-18-8-2-5-15-7-3-11-21-20(15)18/h2-3,5,7-12H,1,4,6,13H2,(H,22,23). The summed E-state index contributed by atoms with van der Waals surface area (Å²) >= 11 is 1.59. The number of amides is 1. The van der Waals surface area contributed by atoms with E-state index in [9.17, 15) is 4.79 Å². The summed E-state index contributed by atoms with van der Waals surface area (Å²) in [4.78, 5) is 17.8. The number of carbonyl (C=O) groups is 1. The van der Waals surface area contributed by atoms with Gasteiger partial charge >= 0.3 is 0 Å². The Hall–Kier alpha value is -2.33. The molecule has 0 spiro atoms. The van der Waals surface area contributed by atoms with E-state index in [2.05, 4.69) is 28.5 Å². The molecule has 1 aromatic heterocycles. The number of carbonyl (C=O) groups excluding carboxylic acids is 1. The molecule has 1 aliphatic carbocycles. The molecular weight excluding hydrogens is 316 g/mol. The lowest BCUT2D eigenvalue weighted by Crippen LogP contribution is -2.14. The lowest BCUT2D eigenvalue weighted by molar-refractivity contribution is -0.113. The van der Waals surface area contributed by atoms with Gasteiger partial charge in [0, 0.05) is 16.5 Å². The normalized spacial score (nSPS) is 13.0. The third kappa shape index (κ3) is 3.15. The fourth-order valence-corrected chi connectivity index (χ4v) is 3.94. The Morgan fingerprint density at radius 2 is 1.96 bits per heavy atom. The summed E-state index contributed by atoms with van der Waals surface area (Å²) < 4.78 is 0. The van der Waals surface area contributed by atoms with E-state index in [1.807, 2.05) is 30.3 Å². The second-order valence-electron chi connectivity index (χ2n) is 6.00. The number of nitrogens with zero attached hydrogens (tertiary/aromatic N) is 1. The van der Waals surface area contributed by atoms with Crippen molar-refractivity contribution in [2.75, 3.05) is 11.1 Å². The highest BCUT2D eigenvalue weighted by atomic mass is 32.2. The fraction of sp³-hybridized carbons (Fsp3) is 0.200. The van der Waals surface area contributed by atoms with Crippen molar-refractivity contribution in [3.63, 3.8) is 0 Å². The van der Waals surface area contributed by atoms with E-state index in [1.54, 1.807) is 18.0 Å². The molecule has 1 N–H and O–H groups in total. The molecule has 0 aliphatic heterocycles. The van der Waals surface area contributed by atoms with Gasteiger partial charge in [0.15, 0.2) is 0 Å². The molecule has 0 fully saturated rings. The van der Waals surface area contributed by atoms with Crippen molar-refractivity contribution in [1.82, 2.24) is 4.98 Å². The number of hydrogen-bond acceptors (Lipinski definition) is 3. The summed E-state index contributed by atoms with van der Waals surface area (Å²) in [6, 6.07) is 16.3. The van der Waals surface area contributed by atoms with Crippen molar-refractivity contribution in [3.8, 4) is 0 Å². The number of thioether (sulfide) groups is 1. The molecule has 24 heavy (non-hydrogen) atoms. The zero-order valence-electron chi connectivity index (χ0n) is 13.3. The first-order valence-corrected chi connectivity index (χ1v) is 9.16.